The fraction of sp³-hybridized carbons (Fsp3) is 0.647. The molecule has 0 rings (SSSR count). The average Bonchev–Trinajstić information content (AvgIpc) is 2.36. The third-order valence-corrected chi connectivity index (χ3v) is 2.67. The summed E-state index contributed by atoms with van der Waals surface area (Å²) >= 11 is 0. The molecule has 0 aliphatic rings. The van der Waals surface area contributed by atoms with Crippen LogP contribution in [0.25, 0.3) is 0 Å². The van der Waals surface area contributed by atoms with Crippen LogP contribution in [-0.4, -0.2) is 25.0 Å². The molecule has 0 aliphatic heterocycles. The van der Waals surface area contributed by atoms with Gasteiger partial charge in [-0.1, -0.05) is 57.6 Å². The topological polar surface area (TPSA) is 3.24 Å². The summed E-state index contributed by atoms with van der Waals surface area (Å²) in [6.07, 6.45) is 11.2. The molecule has 0 heterocycles. The largest absolute Gasteiger partial charge is 0.299 e. The smallest absolute Gasteiger partial charge is 0.0550 e. The van der Waals surface area contributed by atoms with Crippen molar-refractivity contribution in [1.29, 1.82) is 0 Å². The van der Waals surface area contributed by atoms with Gasteiger partial charge in [0.25, 0.3) is 0 Å². The Bertz CT molecular complexity index is 269. The first-order chi connectivity index (χ1) is 8.58. The van der Waals surface area contributed by atoms with E-state index in [0.717, 1.165) is 12.8 Å². The Hall–Kier alpha value is -0.820. The SMILES string of the molecule is C/C=C(\C=C/CC)C(C(C)=CCC)N(C)C.CC. The first kappa shape index (κ1) is 19.5. The van der Waals surface area contributed by atoms with Gasteiger partial charge < -0.3 is 0 Å². The molecule has 0 saturated carbocycles. The van der Waals surface area contributed by atoms with Gasteiger partial charge in [-0.2, -0.15) is 0 Å². The van der Waals surface area contributed by atoms with Crippen molar-refractivity contribution in [3.63, 3.8) is 0 Å². The second-order valence-corrected chi connectivity index (χ2v) is 4.32. The number of likely N-dealkylation sites (N-methyl/N-ethyl adjacent to an activating group) is 1. The Labute approximate surface area is 115 Å². The second-order valence-electron chi connectivity index (χ2n) is 4.32. The van der Waals surface area contributed by atoms with Crippen molar-refractivity contribution in [3.05, 3.63) is 35.5 Å². The molecule has 1 unspecified atom stereocenters. The molecule has 0 aromatic heterocycles. The maximum absolute atomic E-state index is 2.31. The molecule has 18 heavy (non-hydrogen) atoms. The molecule has 0 radical (unpaired) electrons. The van der Waals surface area contributed by atoms with Crippen LogP contribution in [0.15, 0.2) is 35.5 Å². The second kappa shape index (κ2) is 12.6. The van der Waals surface area contributed by atoms with Gasteiger partial charge in [-0.15, -0.1) is 0 Å². The molecule has 0 amide bonds. The lowest BCUT2D eigenvalue weighted by Crippen LogP contribution is -2.30. The van der Waals surface area contributed by atoms with Gasteiger partial charge in [0.1, 0.15) is 0 Å². The predicted octanol–water partition coefficient (Wildman–Crippen LogP) is 5.21. The quantitative estimate of drug-likeness (QED) is 0.462. The zero-order valence-electron chi connectivity index (χ0n) is 13.7. The van der Waals surface area contributed by atoms with E-state index in [0.29, 0.717) is 6.04 Å². The highest BCUT2D eigenvalue weighted by Crippen LogP contribution is 2.18. The van der Waals surface area contributed by atoms with Gasteiger partial charge >= 0.3 is 0 Å². The number of rotatable bonds is 6. The zero-order valence-corrected chi connectivity index (χ0v) is 13.7. The summed E-state index contributed by atoms with van der Waals surface area (Å²) in [5.74, 6) is 0. The number of hydrogen-bond donors (Lipinski definition) is 0. The summed E-state index contributed by atoms with van der Waals surface area (Å²) in [6.45, 7) is 12.7. The van der Waals surface area contributed by atoms with Crippen molar-refractivity contribution < 1.29 is 0 Å². The first-order valence-corrected chi connectivity index (χ1v) is 7.24. The van der Waals surface area contributed by atoms with Crippen molar-refractivity contribution in [2.75, 3.05) is 14.1 Å². The molecule has 0 saturated heterocycles. The summed E-state index contributed by atoms with van der Waals surface area (Å²) in [7, 11) is 4.28. The van der Waals surface area contributed by atoms with E-state index in [1.807, 2.05) is 13.8 Å². The van der Waals surface area contributed by atoms with E-state index in [9.17, 15) is 0 Å². The number of allylic oxidation sites excluding steroid dienone is 3. The van der Waals surface area contributed by atoms with E-state index in [1.54, 1.807) is 0 Å². The van der Waals surface area contributed by atoms with Crippen LogP contribution in [0, 0.1) is 0 Å². The Morgan fingerprint density at radius 2 is 1.67 bits per heavy atom. The summed E-state index contributed by atoms with van der Waals surface area (Å²) in [6, 6.07) is 0.410. The molecule has 0 bridgehead atoms. The summed E-state index contributed by atoms with van der Waals surface area (Å²) in [5, 5.41) is 0. The van der Waals surface area contributed by atoms with Crippen LogP contribution in [0.5, 0.6) is 0 Å². The Morgan fingerprint density at radius 1 is 1.11 bits per heavy atom. The molecular weight excluding hydrogens is 218 g/mol. The lowest BCUT2D eigenvalue weighted by atomic mass is 9.97. The van der Waals surface area contributed by atoms with E-state index in [-0.39, 0.29) is 0 Å². The first-order valence-electron chi connectivity index (χ1n) is 7.24. The van der Waals surface area contributed by atoms with E-state index in [2.05, 4.69) is 71.0 Å². The Morgan fingerprint density at radius 3 is 2.00 bits per heavy atom. The van der Waals surface area contributed by atoms with Gasteiger partial charge in [-0.25, -0.2) is 0 Å². The highest BCUT2D eigenvalue weighted by Gasteiger charge is 2.15. The third-order valence-electron chi connectivity index (χ3n) is 2.67. The van der Waals surface area contributed by atoms with E-state index in [1.165, 1.54) is 11.1 Å². The van der Waals surface area contributed by atoms with Gasteiger partial charge in [-0.3, -0.25) is 4.90 Å². The minimum Gasteiger partial charge on any atom is -0.299 e. The Kier molecular flexibility index (Phi) is 13.7. The molecule has 0 fully saturated rings. The van der Waals surface area contributed by atoms with Gasteiger partial charge in [0.2, 0.25) is 0 Å². The molecular formula is C17H33N. The van der Waals surface area contributed by atoms with E-state index in [4.69, 9.17) is 0 Å². The molecule has 0 N–H and O–H groups in total. The fourth-order valence-electron chi connectivity index (χ4n) is 2.00. The van der Waals surface area contributed by atoms with Crippen molar-refractivity contribution in [1.82, 2.24) is 4.90 Å². The predicted molar refractivity (Wildman–Crippen MR) is 86.1 cm³/mol. The summed E-state index contributed by atoms with van der Waals surface area (Å²) < 4.78 is 0. The highest BCUT2D eigenvalue weighted by atomic mass is 15.1. The lowest BCUT2D eigenvalue weighted by molar-refractivity contribution is 0.368. The van der Waals surface area contributed by atoms with Gasteiger partial charge in [0, 0.05) is 0 Å². The minimum atomic E-state index is 0.410. The van der Waals surface area contributed by atoms with Crippen LogP contribution >= 0.6 is 0 Å². The molecule has 0 aromatic rings. The van der Waals surface area contributed by atoms with Crippen LogP contribution in [0.3, 0.4) is 0 Å². The summed E-state index contributed by atoms with van der Waals surface area (Å²) in [4.78, 5) is 2.27. The molecule has 1 heteroatoms. The van der Waals surface area contributed by atoms with Crippen molar-refractivity contribution in [2.45, 2.75) is 60.4 Å². The molecule has 106 valence electrons. The normalized spacial score (nSPS) is 14.7. The molecule has 1 atom stereocenters. The van der Waals surface area contributed by atoms with Crippen molar-refractivity contribution >= 4 is 0 Å². The fourth-order valence-corrected chi connectivity index (χ4v) is 2.00. The van der Waals surface area contributed by atoms with Crippen LogP contribution < -0.4 is 0 Å². The van der Waals surface area contributed by atoms with Crippen LogP contribution in [0.1, 0.15) is 54.4 Å². The zero-order chi connectivity index (χ0) is 14.6. The molecule has 0 spiro atoms. The van der Waals surface area contributed by atoms with Gasteiger partial charge in [0.05, 0.1) is 6.04 Å². The number of nitrogens with zero attached hydrogens (tertiary/aromatic N) is 1. The van der Waals surface area contributed by atoms with E-state index >= 15 is 0 Å². The van der Waals surface area contributed by atoms with Gasteiger partial charge in [-0.05, 0) is 46.4 Å². The maximum Gasteiger partial charge on any atom is 0.0550 e. The maximum atomic E-state index is 2.31. The molecule has 0 aliphatic carbocycles. The monoisotopic (exact) mass is 251 g/mol. The van der Waals surface area contributed by atoms with Gasteiger partial charge in [0.15, 0.2) is 0 Å². The van der Waals surface area contributed by atoms with E-state index < -0.39 is 0 Å². The highest BCUT2D eigenvalue weighted by molar-refractivity contribution is 5.32. The van der Waals surface area contributed by atoms with Crippen LogP contribution in [0.4, 0.5) is 0 Å². The average molecular weight is 251 g/mol. The summed E-state index contributed by atoms with van der Waals surface area (Å²) in [5.41, 5.74) is 2.82. The van der Waals surface area contributed by atoms with Crippen LogP contribution in [0.2, 0.25) is 0 Å². The van der Waals surface area contributed by atoms with Crippen molar-refractivity contribution in [3.8, 4) is 0 Å². The van der Waals surface area contributed by atoms with Crippen LogP contribution in [-0.2, 0) is 0 Å². The van der Waals surface area contributed by atoms with Crippen molar-refractivity contribution in [2.24, 2.45) is 0 Å². The lowest BCUT2D eigenvalue weighted by Gasteiger charge is -2.26. The number of hydrogen-bond acceptors (Lipinski definition) is 1. The Balaban J connectivity index is 0. The molecule has 0 aromatic carbocycles. The standard InChI is InChI=1S/C15H27N.C2H6/c1-7-10-12-14(9-3)15(16(5)6)13(4)11-8-2;1-2/h9-12,15H,7-8H2,1-6H3;1-2H3/b12-10-,13-11?,14-9+;. The molecule has 1 nitrogen and oxygen atoms in total. The third kappa shape index (κ3) is 7.50. The minimum absolute atomic E-state index is 0.410.